The van der Waals surface area contributed by atoms with Crippen molar-refractivity contribution >= 4 is 11.6 Å². The molecule has 0 bridgehead atoms. The highest BCUT2D eigenvalue weighted by atomic mass is 16.5. The van der Waals surface area contributed by atoms with Crippen LogP contribution in [0.3, 0.4) is 0 Å². The van der Waals surface area contributed by atoms with Crippen LogP contribution in [0.5, 0.6) is 11.5 Å². The summed E-state index contributed by atoms with van der Waals surface area (Å²) >= 11 is 0. The minimum absolute atomic E-state index is 0.530. The van der Waals surface area contributed by atoms with Crippen LogP contribution < -0.4 is 20.1 Å². The molecule has 2 aromatic carbocycles. The molecule has 23 heavy (non-hydrogen) atoms. The second-order valence-electron chi connectivity index (χ2n) is 5.38. The molecule has 1 aliphatic heterocycles. The van der Waals surface area contributed by atoms with Crippen molar-refractivity contribution in [3.63, 3.8) is 0 Å². The van der Waals surface area contributed by atoms with Gasteiger partial charge in [-0.2, -0.15) is 0 Å². The number of benzene rings is 2. The smallest absolute Gasteiger partial charge is 0.196 e. The molecule has 2 aromatic rings. The molecule has 1 aliphatic rings. The SMILES string of the molecule is COc1ccc(C)cc1OCCNC1=NCc2ccccc2N1. The van der Waals surface area contributed by atoms with Gasteiger partial charge in [0.05, 0.1) is 20.2 Å². The maximum absolute atomic E-state index is 5.80. The minimum Gasteiger partial charge on any atom is -0.493 e. The molecular formula is C18H21N3O2. The van der Waals surface area contributed by atoms with Gasteiger partial charge in [-0.1, -0.05) is 24.3 Å². The van der Waals surface area contributed by atoms with Gasteiger partial charge in [0, 0.05) is 5.69 Å². The summed E-state index contributed by atoms with van der Waals surface area (Å²) in [5.41, 5.74) is 3.45. The van der Waals surface area contributed by atoms with Crippen molar-refractivity contribution in [2.24, 2.45) is 4.99 Å². The predicted octanol–water partition coefficient (Wildman–Crippen LogP) is 2.95. The van der Waals surface area contributed by atoms with Gasteiger partial charge >= 0.3 is 0 Å². The normalized spacial score (nSPS) is 12.7. The molecule has 1 heterocycles. The average Bonchev–Trinajstić information content (AvgIpc) is 2.59. The number of ether oxygens (including phenoxy) is 2. The van der Waals surface area contributed by atoms with Crippen LogP contribution >= 0.6 is 0 Å². The number of methoxy groups -OCH3 is 1. The van der Waals surface area contributed by atoms with Gasteiger partial charge in [0.15, 0.2) is 17.5 Å². The van der Waals surface area contributed by atoms with Crippen molar-refractivity contribution in [3.05, 3.63) is 53.6 Å². The zero-order valence-electron chi connectivity index (χ0n) is 13.4. The third-order valence-electron chi connectivity index (χ3n) is 3.65. The number of aliphatic imine (C=N–C) groups is 1. The second-order valence-corrected chi connectivity index (χ2v) is 5.38. The molecule has 0 aromatic heterocycles. The van der Waals surface area contributed by atoms with Crippen LogP contribution in [0.15, 0.2) is 47.5 Å². The van der Waals surface area contributed by atoms with Gasteiger partial charge < -0.3 is 20.1 Å². The molecule has 120 valence electrons. The van der Waals surface area contributed by atoms with Crippen LogP contribution in [0.1, 0.15) is 11.1 Å². The third-order valence-corrected chi connectivity index (χ3v) is 3.65. The van der Waals surface area contributed by atoms with Crippen LogP contribution in [-0.4, -0.2) is 26.2 Å². The van der Waals surface area contributed by atoms with Crippen molar-refractivity contribution in [2.45, 2.75) is 13.5 Å². The average molecular weight is 311 g/mol. The van der Waals surface area contributed by atoms with Crippen molar-refractivity contribution in [3.8, 4) is 11.5 Å². The van der Waals surface area contributed by atoms with Gasteiger partial charge in [-0.3, -0.25) is 0 Å². The summed E-state index contributed by atoms with van der Waals surface area (Å²) < 4.78 is 11.1. The predicted molar refractivity (Wildman–Crippen MR) is 92.4 cm³/mol. The van der Waals surface area contributed by atoms with E-state index in [-0.39, 0.29) is 0 Å². The van der Waals surface area contributed by atoms with Crippen molar-refractivity contribution in [2.75, 3.05) is 25.6 Å². The van der Waals surface area contributed by atoms with Gasteiger partial charge in [-0.05, 0) is 36.2 Å². The number of hydrogen-bond acceptors (Lipinski definition) is 5. The van der Waals surface area contributed by atoms with E-state index in [1.165, 1.54) is 5.56 Å². The Balaban J connectivity index is 1.49. The maximum Gasteiger partial charge on any atom is 0.196 e. The van der Waals surface area contributed by atoms with E-state index in [1.54, 1.807) is 7.11 Å². The molecule has 0 radical (unpaired) electrons. The fourth-order valence-electron chi connectivity index (χ4n) is 2.44. The molecule has 0 amide bonds. The fourth-order valence-corrected chi connectivity index (χ4v) is 2.44. The first-order chi connectivity index (χ1) is 11.3. The number of para-hydroxylation sites is 1. The second kappa shape index (κ2) is 7.05. The van der Waals surface area contributed by atoms with Crippen molar-refractivity contribution < 1.29 is 9.47 Å². The first kappa shape index (κ1) is 15.2. The summed E-state index contributed by atoms with van der Waals surface area (Å²) in [6.45, 7) is 3.91. The number of fused-ring (bicyclic) bond motifs is 1. The molecule has 3 rings (SSSR count). The number of rotatable bonds is 5. The Morgan fingerprint density at radius 2 is 2.04 bits per heavy atom. The Hall–Kier alpha value is -2.69. The molecule has 5 nitrogen and oxygen atoms in total. The van der Waals surface area contributed by atoms with Gasteiger partial charge in [0.25, 0.3) is 0 Å². The molecule has 0 aliphatic carbocycles. The van der Waals surface area contributed by atoms with E-state index in [9.17, 15) is 0 Å². The zero-order chi connectivity index (χ0) is 16.1. The molecular weight excluding hydrogens is 290 g/mol. The number of guanidine groups is 1. The third kappa shape index (κ3) is 3.74. The van der Waals surface area contributed by atoms with E-state index in [1.807, 2.05) is 37.3 Å². The van der Waals surface area contributed by atoms with Gasteiger partial charge in [0.1, 0.15) is 6.61 Å². The Morgan fingerprint density at radius 3 is 2.91 bits per heavy atom. The highest BCUT2D eigenvalue weighted by Gasteiger charge is 2.10. The van der Waals surface area contributed by atoms with E-state index < -0.39 is 0 Å². The molecule has 0 saturated heterocycles. The van der Waals surface area contributed by atoms with Gasteiger partial charge in [-0.25, -0.2) is 4.99 Å². The monoisotopic (exact) mass is 311 g/mol. The van der Waals surface area contributed by atoms with Crippen LogP contribution in [0, 0.1) is 6.92 Å². The Morgan fingerprint density at radius 1 is 1.17 bits per heavy atom. The Kier molecular flexibility index (Phi) is 4.66. The van der Waals surface area contributed by atoms with Gasteiger partial charge in [-0.15, -0.1) is 0 Å². The van der Waals surface area contributed by atoms with Crippen LogP contribution in [-0.2, 0) is 6.54 Å². The summed E-state index contributed by atoms with van der Waals surface area (Å²) in [5.74, 6) is 2.29. The summed E-state index contributed by atoms with van der Waals surface area (Å²) in [4.78, 5) is 4.48. The summed E-state index contributed by atoms with van der Waals surface area (Å²) in [6.07, 6.45) is 0. The summed E-state index contributed by atoms with van der Waals surface area (Å²) in [7, 11) is 1.65. The Labute approximate surface area is 136 Å². The summed E-state index contributed by atoms with van der Waals surface area (Å²) in [6, 6.07) is 14.1. The number of nitrogens with one attached hydrogen (secondary N) is 2. The van der Waals surface area contributed by atoms with Crippen molar-refractivity contribution in [1.29, 1.82) is 0 Å². The van der Waals surface area contributed by atoms with Crippen LogP contribution in [0.25, 0.3) is 0 Å². The van der Waals surface area contributed by atoms with E-state index >= 15 is 0 Å². The minimum atomic E-state index is 0.530. The lowest BCUT2D eigenvalue weighted by Gasteiger charge is -2.19. The topological polar surface area (TPSA) is 54.9 Å². The lowest BCUT2D eigenvalue weighted by Crippen LogP contribution is -2.35. The molecule has 0 spiro atoms. The molecule has 0 atom stereocenters. The summed E-state index contributed by atoms with van der Waals surface area (Å²) in [5, 5.41) is 6.54. The quantitative estimate of drug-likeness (QED) is 0.834. The zero-order valence-corrected chi connectivity index (χ0v) is 13.4. The largest absolute Gasteiger partial charge is 0.493 e. The molecule has 0 fully saturated rings. The highest BCUT2D eigenvalue weighted by Crippen LogP contribution is 2.27. The fraction of sp³-hybridized carbons (Fsp3) is 0.278. The molecule has 0 saturated carbocycles. The lowest BCUT2D eigenvalue weighted by molar-refractivity contribution is 0.298. The van der Waals surface area contributed by atoms with E-state index in [0.717, 1.165) is 28.7 Å². The first-order valence-electron chi connectivity index (χ1n) is 7.67. The Bertz CT molecular complexity index is 713. The van der Waals surface area contributed by atoms with E-state index in [0.29, 0.717) is 19.7 Å². The maximum atomic E-state index is 5.80. The number of anilines is 1. The number of hydrogen-bond donors (Lipinski definition) is 2. The van der Waals surface area contributed by atoms with E-state index in [4.69, 9.17) is 9.47 Å². The highest BCUT2D eigenvalue weighted by molar-refractivity contribution is 5.95. The van der Waals surface area contributed by atoms with Crippen molar-refractivity contribution in [1.82, 2.24) is 5.32 Å². The first-order valence-corrected chi connectivity index (χ1v) is 7.67. The lowest BCUT2D eigenvalue weighted by atomic mass is 10.1. The standard InChI is InChI=1S/C18H21N3O2/c1-13-7-8-16(22-2)17(11-13)23-10-9-19-18-20-12-14-5-3-4-6-15(14)21-18/h3-8,11H,9-10,12H2,1-2H3,(H2,19,20,21). The van der Waals surface area contributed by atoms with Gasteiger partial charge in [0.2, 0.25) is 0 Å². The molecule has 0 unspecified atom stereocenters. The van der Waals surface area contributed by atoms with E-state index in [2.05, 4.69) is 27.8 Å². The molecule has 2 N–H and O–H groups in total. The molecule has 5 heteroatoms. The van der Waals surface area contributed by atoms with Crippen LogP contribution in [0.4, 0.5) is 5.69 Å². The van der Waals surface area contributed by atoms with Crippen LogP contribution in [0.2, 0.25) is 0 Å². The number of nitrogens with zero attached hydrogens (tertiary/aromatic N) is 1. The number of aryl methyl sites for hydroxylation is 1.